The van der Waals surface area contributed by atoms with Crippen LogP contribution in [0.5, 0.6) is 0 Å². The van der Waals surface area contributed by atoms with E-state index in [2.05, 4.69) is 27.4 Å². The number of carbonyl (C=O) groups excluding carboxylic acids is 1. The second kappa shape index (κ2) is 5.49. The molecule has 0 unspecified atom stereocenters. The van der Waals surface area contributed by atoms with Crippen LogP contribution in [0.1, 0.15) is 17.8 Å². The molecule has 3 rings (SSSR count). The van der Waals surface area contributed by atoms with Crippen LogP contribution in [0.15, 0.2) is 41.4 Å². The molecule has 21 heavy (non-hydrogen) atoms. The molecule has 1 N–H and O–H groups in total. The average Bonchev–Trinajstić information content (AvgIpc) is 3.13. The summed E-state index contributed by atoms with van der Waals surface area (Å²) >= 11 is 1.54. The summed E-state index contributed by atoms with van der Waals surface area (Å²) in [6, 6.07) is 3.49. The van der Waals surface area contributed by atoms with Crippen LogP contribution in [0.2, 0.25) is 0 Å². The van der Waals surface area contributed by atoms with Gasteiger partial charge in [0.1, 0.15) is 12.6 Å². The largest absolute Gasteiger partial charge is 0.458 e. The highest BCUT2D eigenvalue weighted by Crippen LogP contribution is 2.36. The molecule has 0 bridgehead atoms. The lowest BCUT2D eigenvalue weighted by Gasteiger charge is -2.26. The number of hydrogen-bond donors (Lipinski definition) is 1. The number of aromatic nitrogens is 4. The molecule has 0 aliphatic carbocycles. The molecule has 1 aliphatic rings. The average molecular weight is 303 g/mol. The molecule has 0 radical (unpaired) electrons. The second-order valence-corrected chi connectivity index (χ2v) is 5.40. The highest BCUT2D eigenvalue weighted by Gasteiger charge is 2.35. The number of thiophene rings is 1. The highest BCUT2D eigenvalue weighted by molar-refractivity contribution is 7.10. The van der Waals surface area contributed by atoms with E-state index in [0.717, 1.165) is 4.88 Å². The van der Waals surface area contributed by atoms with E-state index in [0.29, 0.717) is 17.2 Å². The summed E-state index contributed by atoms with van der Waals surface area (Å²) in [5.41, 5.74) is 1.18. The van der Waals surface area contributed by atoms with Gasteiger partial charge in [-0.1, -0.05) is 23.8 Å². The van der Waals surface area contributed by atoms with Crippen LogP contribution in [-0.2, 0) is 9.53 Å². The van der Waals surface area contributed by atoms with Crippen molar-refractivity contribution in [1.29, 1.82) is 0 Å². The number of carbonyl (C=O) groups is 1. The first-order valence-corrected chi connectivity index (χ1v) is 7.17. The third-order valence-corrected chi connectivity index (χ3v) is 4.00. The number of esters is 1. The van der Waals surface area contributed by atoms with Crippen LogP contribution in [0.25, 0.3) is 0 Å². The molecule has 2 aromatic rings. The number of ether oxygens (including phenoxy) is 1. The van der Waals surface area contributed by atoms with Gasteiger partial charge in [-0.25, -0.2) is 4.79 Å². The Morgan fingerprint density at radius 2 is 2.52 bits per heavy atom. The summed E-state index contributed by atoms with van der Waals surface area (Å²) in [4.78, 5) is 13.3. The third kappa shape index (κ3) is 2.33. The molecule has 0 fully saturated rings. The van der Waals surface area contributed by atoms with E-state index in [9.17, 15) is 4.79 Å². The van der Waals surface area contributed by atoms with Gasteiger partial charge >= 0.3 is 5.97 Å². The van der Waals surface area contributed by atoms with Gasteiger partial charge in [0.2, 0.25) is 5.95 Å². The van der Waals surface area contributed by atoms with Gasteiger partial charge < -0.3 is 10.1 Å². The van der Waals surface area contributed by atoms with Crippen molar-refractivity contribution >= 4 is 23.3 Å². The molecule has 0 saturated carbocycles. The molecular formula is C13H13N5O2S. The molecular weight excluding hydrogens is 290 g/mol. The zero-order valence-electron chi connectivity index (χ0n) is 11.3. The van der Waals surface area contributed by atoms with Gasteiger partial charge in [0.25, 0.3) is 0 Å². The lowest BCUT2D eigenvalue weighted by Crippen LogP contribution is -2.29. The Hall–Kier alpha value is -2.48. The summed E-state index contributed by atoms with van der Waals surface area (Å²) < 4.78 is 6.78. The molecule has 0 spiro atoms. The van der Waals surface area contributed by atoms with E-state index in [1.807, 2.05) is 24.4 Å². The van der Waals surface area contributed by atoms with E-state index < -0.39 is 5.97 Å². The lowest BCUT2D eigenvalue weighted by atomic mass is 10.0. The Labute approximate surface area is 124 Å². The molecule has 8 heteroatoms. The van der Waals surface area contributed by atoms with Gasteiger partial charge in [-0.05, 0) is 28.8 Å². The maximum absolute atomic E-state index is 12.4. The Balaban J connectivity index is 2.06. The number of rotatable bonds is 4. The van der Waals surface area contributed by atoms with E-state index in [4.69, 9.17) is 4.74 Å². The maximum atomic E-state index is 12.4. The fourth-order valence-electron chi connectivity index (χ4n) is 2.20. The first-order valence-electron chi connectivity index (χ1n) is 6.29. The van der Waals surface area contributed by atoms with Gasteiger partial charge in [-0.3, -0.25) is 0 Å². The van der Waals surface area contributed by atoms with Gasteiger partial charge in [0, 0.05) is 10.6 Å². The summed E-state index contributed by atoms with van der Waals surface area (Å²) in [7, 11) is 0. The zero-order chi connectivity index (χ0) is 14.8. The number of fused-ring (bicyclic) bond motifs is 1. The number of nitrogens with one attached hydrogen (secondary N) is 1. The molecule has 2 aromatic heterocycles. The molecule has 0 saturated heterocycles. The molecule has 7 nitrogen and oxygen atoms in total. The number of anilines is 1. The van der Waals surface area contributed by atoms with Crippen LogP contribution >= 0.6 is 11.3 Å². The minimum absolute atomic E-state index is 0.162. The monoisotopic (exact) mass is 303 g/mol. The third-order valence-electron chi connectivity index (χ3n) is 3.08. The minimum Gasteiger partial charge on any atom is -0.458 e. The molecule has 0 amide bonds. The first kappa shape index (κ1) is 13.5. The first-order chi connectivity index (χ1) is 10.2. The minimum atomic E-state index is -0.403. The summed E-state index contributed by atoms with van der Waals surface area (Å²) in [5, 5.41) is 16.5. The van der Waals surface area contributed by atoms with Crippen LogP contribution in [0.4, 0.5) is 5.95 Å². The molecule has 0 aromatic carbocycles. The van der Waals surface area contributed by atoms with Crippen LogP contribution < -0.4 is 5.32 Å². The van der Waals surface area contributed by atoms with Crippen LogP contribution in [0.3, 0.4) is 0 Å². The van der Waals surface area contributed by atoms with Gasteiger partial charge in [-0.2, -0.15) is 4.68 Å². The quantitative estimate of drug-likeness (QED) is 0.684. The Morgan fingerprint density at radius 3 is 3.24 bits per heavy atom. The van der Waals surface area contributed by atoms with Crippen LogP contribution in [-0.4, -0.2) is 32.8 Å². The topological polar surface area (TPSA) is 81.9 Å². The maximum Gasteiger partial charge on any atom is 0.338 e. The van der Waals surface area contributed by atoms with E-state index >= 15 is 0 Å². The smallest absolute Gasteiger partial charge is 0.338 e. The van der Waals surface area contributed by atoms with E-state index in [1.165, 1.54) is 17.4 Å². The lowest BCUT2D eigenvalue weighted by molar-refractivity contribution is -0.138. The number of hydrogen-bond acceptors (Lipinski definition) is 7. The van der Waals surface area contributed by atoms with Crippen molar-refractivity contribution in [3.05, 3.63) is 46.3 Å². The molecule has 3 heterocycles. The fraction of sp³-hybridized carbons (Fsp3) is 0.231. The molecule has 108 valence electrons. The summed E-state index contributed by atoms with van der Waals surface area (Å²) in [6.45, 7) is 5.52. The van der Waals surface area contributed by atoms with Crippen molar-refractivity contribution in [2.45, 2.75) is 13.0 Å². The predicted octanol–water partition coefficient (Wildman–Crippen LogP) is 1.75. The zero-order valence-corrected chi connectivity index (χ0v) is 12.1. The second-order valence-electron chi connectivity index (χ2n) is 4.42. The van der Waals surface area contributed by atoms with Gasteiger partial charge in [0.05, 0.1) is 5.57 Å². The highest BCUT2D eigenvalue weighted by atomic mass is 32.1. The van der Waals surface area contributed by atoms with E-state index in [1.54, 1.807) is 4.68 Å². The molecule has 1 atom stereocenters. The fourth-order valence-corrected chi connectivity index (χ4v) is 3.02. The number of tetrazole rings is 1. The normalized spacial score (nSPS) is 17.1. The van der Waals surface area contributed by atoms with Crippen molar-refractivity contribution in [3.63, 3.8) is 0 Å². The van der Waals surface area contributed by atoms with Crippen LogP contribution in [0, 0.1) is 0 Å². The number of allylic oxidation sites excluding steroid dienone is 1. The standard InChI is InChI=1S/C13H13N5O2S/c1-3-6-20-12(19)10-8(2)14-13-15-16-17-18(13)11(10)9-5-4-7-21-9/h3-5,7,11H,1,6H2,2H3,(H,14,15,17)/t11-/m1/s1. The Kier molecular flexibility index (Phi) is 3.53. The SMILES string of the molecule is C=CCOC(=O)C1=C(C)Nc2nnnn2[C@@H]1c1cccs1. The Bertz CT molecular complexity index is 704. The van der Waals surface area contributed by atoms with Crippen molar-refractivity contribution in [2.24, 2.45) is 0 Å². The van der Waals surface area contributed by atoms with E-state index in [-0.39, 0.29) is 12.6 Å². The van der Waals surface area contributed by atoms with Crippen molar-refractivity contribution in [1.82, 2.24) is 20.2 Å². The molecule has 1 aliphatic heterocycles. The number of nitrogens with zero attached hydrogens (tertiary/aromatic N) is 4. The van der Waals surface area contributed by atoms with Gasteiger partial charge in [-0.15, -0.1) is 11.3 Å². The van der Waals surface area contributed by atoms with Crippen molar-refractivity contribution in [2.75, 3.05) is 11.9 Å². The Morgan fingerprint density at radius 1 is 1.67 bits per heavy atom. The predicted molar refractivity (Wildman–Crippen MR) is 77.8 cm³/mol. The van der Waals surface area contributed by atoms with Gasteiger partial charge in [0.15, 0.2) is 0 Å². The summed E-state index contributed by atoms with van der Waals surface area (Å²) in [5.74, 6) is 0.102. The summed E-state index contributed by atoms with van der Waals surface area (Å²) in [6.07, 6.45) is 1.53. The van der Waals surface area contributed by atoms with Crippen molar-refractivity contribution in [3.8, 4) is 0 Å². The van der Waals surface area contributed by atoms with Crippen molar-refractivity contribution < 1.29 is 9.53 Å².